The quantitative estimate of drug-likeness (QED) is 0.682. The van der Waals surface area contributed by atoms with Gasteiger partial charge in [-0.05, 0) is 112 Å². The summed E-state index contributed by atoms with van der Waals surface area (Å²) in [7, 11) is 0. The lowest BCUT2D eigenvalue weighted by Crippen LogP contribution is -2.42. The van der Waals surface area contributed by atoms with Gasteiger partial charge in [0, 0.05) is 11.0 Å². The first kappa shape index (κ1) is 19.1. The van der Waals surface area contributed by atoms with E-state index in [0.717, 1.165) is 30.4 Å². The molecular formula is C24H32O2. The van der Waals surface area contributed by atoms with Crippen LogP contribution in [0, 0.1) is 40.0 Å². The van der Waals surface area contributed by atoms with Gasteiger partial charge in [0.1, 0.15) is 0 Å². The Balaban J connectivity index is 2.18. The molecule has 2 aliphatic rings. The topological polar surface area (TPSA) is 37.3 Å². The van der Waals surface area contributed by atoms with Crippen LogP contribution in [-0.4, -0.2) is 17.0 Å². The Morgan fingerprint density at radius 2 is 1.50 bits per heavy atom. The van der Waals surface area contributed by atoms with Crippen molar-refractivity contribution in [2.75, 3.05) is 0 Å². The molecule has 2 atom stereocenters. The van der Waals surface area contributed by atoms with Crippen LogP contribution in [0.1, 0.15) is 72.9 Å². The van der Waals surface area contributed by atoms with Crippen LogP contribution in [-0.2, 0) is 4.79 Å². The summed E-state index contributed by atoms with van der Waals surface area (Å²) >= 11 is 0. The molecule has 26 heavy (non-hydrogen) atoms. The number of rotatable bonds is 1. The van der Waals surface area contributed by atoms with Crippen molar-refractivity contribution in [3.63, 3.8) is 0 Å². The molecular weight excluding hydrogens is 320 g/mol. The molecule has 0 amide bonds. The van der Waals surface area contributed by atoms with Gasteiger partial charge in [0.2, 0.25) is 0 Å². The fraction of sp³-hybridized carbons (Fsp3) is 0.542. The molecule has 1 N–H and O–H groups in total. The summed E-state index contributed by atoms with van der Waals surface area (Å²) in [4.78, 5) is 13.1. The highest BCUT2D eigenvalue weighted by Gasteiger charge is 2.45. The van der Waals surface area contributed by atoms with Crippen LogP contribution in [0.2, 0.25) is 0 Å². The third-order valence-corrected chi connectivity index (χ3v) is 7.35. The number of hydrogen-bond donors (Lipinski definition) is 1. The number of benzene rings is 1. The molecule has 0 radical (unpaired) electrons. The van der Waals surface area contributed by atoms with Gasteiger partial charge in [-0.15, -0.1) is 0 Å². The van der Waals surface area contributed by atoms with E-state index in [9.17, 15) is 9.90 Å². The fourth-order valence-electron chi connectivity index (χ4n) is 5.01. The average molecular weight is 353 g/mol. The highest BCUT2D eigenvalue weighted by atomic mass is 16.3. The van der Waals surface area contributed by atoms with Gasteiger partial charge < -0.3 is 5.11 Å². The molecule has 1 saturated carbocycles. The average Bonchev–Trinajstić information content (AvgIpc) is 2.61. The first-order valence-corrected chi connectivity index (χ1v) is 9.80. The zero-order chi connectivity index (χ0) is 19.4. The molecule has 0 saturated heterocycles. The summed E-state index contributed by atoms with van der Waals surface area (Å²) in [5.74, 6) is 0.168. The maximum absolute atomic E-state index is 13.1. The minimum absolute atomic E-state index is 0.168. The number of aliphatic hydroxyl groups is 1. The van der Waals surface area contributed by atoms with E-state index in [0.29, 0.717) is 6.42 Å². The number of allylic oxidation sites excluding steroid dienone is 2. The van der Waals surface area contributed by atoms with Crippen molar-refractivity contribution in [3.8, 4) is 0 Å². The van der Waals surface area contributed by atoms with E-state index in [1.807, 2.05) is 6.92 Å². The highest BCUT2D eigenvalue weighted by Crippen LogP contribution is 2.50. The first-order chi connectivity index (χ1) is 12.1. The fourth-order valence-corrected chi connectivity index (χ4v) is 5.01. The molecule has 0 aliphatic heterocycles. The number of hydrogen-bond acceptors (Lipinski definition) is 2. The minimum Gasteiger partial charge on any atom is -0.392 e. The van der Waals surface area contributed by atoms with Crippen LogP contribution >= 0.6 is 0 Å². The predicted octanol–water partition coefficient (Wildman–Crippen LogP) is 5.45. The minimum atomic E-state index is -0.360. The molecule has 140 valence electrons. The van der Waals surface area contributed by atoms with E-state index in [2.05, 4.69) is 47.6 Å². The molecule has 2 heteroatoms. The summed E-state index contributed by atoms with van der Waals surface area (Å²) < 4.78 is 0. The Morgan fingerprint density at radius 3 is 2.08 bits per heavy atom. The Morgan fingerprint density at radius 1 is 0.962 bits per heavy atom. The number of ketones is 1. The van der Waals surface area contributed by atoms with Crippen LogP contribution in [0.15, 0.2) is 16.7 Å². The second-order valence-corrected chi connectivity index (χ2v) is 8.64. The van der Waals surface area contributed by atoms with Crippen LogP contribution in [0.3, 0.4) is 0 Å². The Labute approximate surface area is 158 Å². The maximum Gasteiger partial charge on any atom is 0.184 e. The number of fused-ring (bicyclic) bond motifs is 1. The molecule has 0 spiro atoms. The Bertz CT molecular complexity index is 824. The van der Waals surface area contributed by atoms with Crippen LogP contribution in [0.4, 0.5) is 0 Å². The van der Waals surface area contributed by atoms with Crippen LogP contribution < -0.4 is 0 Å². The third-order valence-electron chi connectivity index (χ3n) is 7.35. The summed E-state index contributed by atoms with van der Waals surface area (Å²) in [5.41, 5.74) is 10.2. The summed E-state index contributed by atoms with van der Waals surface area (Å²) in [6.07, 6.45) is 5.14. The number of Topliss-reactive ketones (excluding diaryl/α,β-unsaturated/α-hetero) is 1. The molecule has 0 bridgehead atoms. The standard InChI is InChI=1S/C24H32O2/c1-13-14(2)16(4)20(17(5)15(13)3)11-19-12-24(7)21(18(6)23(19)26)9-8-10-22(24)25/h11,22,25H,8-10,12H2,1-7H3/b19-11+/t22-,24-/m0/s1. The van der Waals surface area contributed by atoms with Crippen molar-refractivity contribution in [2.24, 2.45) is 5.41 Å². The van der Waals surface area contributed by atoms with E-state index in [1.165, 1.54) is 39.0 Å². The number of aliphatic hydroxyl groups excluding tert-OH is 1. The zero-order valence-corrected chi connectivity index (χ0v) is 17.3. The predicted molar refractivity (Wildman–Crippen MR) is 108 cm³/mol. The van der Waals surface area contributed by atoms with Gasteiger partial charge in [-0.1, -0.05) is 12.5 Å². The van der Waals surface area contributed by atoms with Gasteiger partial charge in [-0.2, -0.15) is 0 Å². The summed E-state index contributed by atoms with van der Waals surface area (Å²) in [6.45, 7) is 14.9. The lowest BCUT2D eigenvalue weighted by atomic mass is 9.61. The molecule has 2 nitrogen and oxygen atoms in total. The second kappa shape index (κ2) is 6.49. The summed E-state index contributed by atoms with van der Waals surface area (Å²) in [5, 5.41) is 10.7. The van der Waals surface area contributed by atoms with Crippen molar-refractivity contribution >= 4 is 11.9 Å². The normalized spacial score (nSPS) is 27.9. The highest BCUT2D eigenvalue weighted by molar-refractivity contribution is 6.12. The van der Waals surface area contributed by atoms with E-state index in [1.54, 1.807) is 0 Å². The van der Waals surface area contributed by atoms with Crippen molar-refractivity contribution in [2.45, 2.75) is 80.3 Å². The van der Waals surface area contributed by atoms with E-state index in [4.69, 9.17) is 0 Å². The lowest BCUT2D eigenvalue weighted by molar-refractivity contribution is -0.113. The molecule has 0 unspecified atom stereocenters. The zero-order valence-electron chi connectivity index (χ0n) is 17.3. The molecule has 0 aromatic heterocycles. The maximum atomic E-state index is 13.1. The molecule has 1 aromatic rings. The molecule has 2 aliphatic carbocycles. The van der Waals surface area contributed by atoms with Gasteiger partial charge in [0.25, 0.3) is 0 Å². The summed E-state index contributed by atoms with van der Waals surface area (Å²) in [6, 6.07) is 0. The third kappa shape index (κ3) is 2.70. The smallest absolute Gasteiger partial charge is 0.184 e. The first-order valence-electron chi connectivity index (χ1n) is 9.80. The largest absolute Gasteiger partial charge is 0.392 e. The molecule has 1 aromatic carbocycles. The van der Waals surface area contributed by atoms with E-state index < -0.39 is 0 Å². The van der Waals surface area contributed by atoms with Crippen molar-refractivity contribution < 1.29 is 9.90 Å². The van der Waals surface area contributed by atoms with E-state index >= 15 is 0 Å². The lowest BCUT2D eigenvalue weighted by Gasteiger charge is -2.45. The second-order valence-electron chi connectivity index (χ2n) is 8.64. The van der Waals surface area contributed by atoms with Crippen molar-refractivity contribution in [1.82, 2.24) is 0 Å². The van der Waals surface area contributed by atoms with Crippen molar-refractivity contribution in [1.29, 1.82) is 0 Å². The van der Waals surface area contributed by atoms with Gasteiger partial charge in [0.05, 0.1) is 6.10 Å². The van der Waals surface area contributed by atoms with Crippen LogP contribution in [0.5, 0.6) is 0 Å². The van der Waals surface area contributed by atoms with Crippen molar-refractivity contribution in [3.05, 3.63) is 50.1 Å². The Hall–Kier alpha value is -1.67. The van der Waals surface area contributed by atoms with Gasteiger partial charge in [-0.3, -0.25) is 4.79 Å². The molecule has 1 fully saturated rings. The van der Waals surface area contributed by atoms with E-state index in [-0.39, 0.29) is 17.3 Å². The Kier molecular flexibility index (Phi) is 4.77. The molecule has 0 heterocycles. The SMILES string of the molecule is CC1=C2CCC[C@H](O)[C@@]2(C)C/C(=C\c2c(C)c(C)c(C)c(C)c2C)C1=O. The van der Waals surface area contributed by atoms with Gasteiger partial charge >= 0.3 is 0 Å². The van der Waals surface area contributed by atoms with Crippen LogP contribution in [0.25, 0.3) is 6.08 Å². The number of carbonyl (C=O) groups excluding carboxylic acids is 1. The van der Waals surface area contributed by atoms with Gasteiger partial charge in [0.15, 0.2) is 5.78 Å². The van der Waals surface area contributed by atoms with Gasteiger partial charge in [-0.25, -0.2) is 0 Å². The monoisotopic (exact) mass is 352 g/mol. The molecule has 3 rings (SSSR count). The number of carbonyl (C=O) groups is 1.